The first-order valence-electron chi connectivity index (χ1n) is 13.7. The number of nitrogens with one attached hydrogen (secondary N) is 1. The van der Waals surface area contributed by atoms with E-state index in [0.29, 0.717) is 43.2 Å². The Morgan fingerprint density at radius 3 is 2.58 bits per heavy atom. The Morgan fingerprint density at radius 1 is 1.19 bits per heavy atom. The first kappa shape index (κ1) is 30.3. The predicted molar refractivity (Wildman–Crippen MR) is 138 cm³/mol. The molecule has 1 saturated carbocycles. The normalized spacial score (nSPS) is 26.2. The molecular formula is C28H44F3N3O2. The summed E-state index contributed by atoms with van der Waals surface area (Å²) in [5, 5.41) is 3.79. The molecule has 4 rings (SSSR count). The zero-order valence-electron chi connectivity index (χ0n) is 22.5. The monoisotopic (exact) mass is 511 g/mol. The van der Waals surface area contributed by atoms with Crippen molar-refractivity contribution < 1.29 is 22.7 Å². The molecule has 8 heteroatoms. The van der Waals surface area contributed by atoms with Crippen LogP contribution in [0.3, 0.4) is 0 Å². The summed E-state index contributed by atoms with van der Waals surface area (Å²) < 4.78 is 44.6. The molecule has 1 amide bonds. The van der Waals surface area contributed by atoms with Crippen LogP contribution in [0.25, 0.3) is 5.57 Å². The van der Waals surface area contributed by atoms with E-state index in [4.69, 9.17) is 4.74 Å². The van der Waals surface area contributed by atoms with Crippen LogP contribution in [0.2, 0.25) is 0 Å². The number of rotatable bonds is 5. The number of amides is 1. The molecule has 1 saturated heterocycles. The minimum absolute atomic E-state index is 0.0223. The molecule has 3 aliphatic rings. The Balaban J connectivity index is 0.00000109. The molecule has 5 nitrogen and oxygen atoms in total. The van der Waals surface area contributed by atoms with Crippen molar-refractivity contribution in [3.63, 3.8) is 0 Å². The van der Waals surface area contributed by atoms with E-state index in [1.807, 2.05) is 38.7 Å². The van der Waals surface area contributed by atoms with Gasteiger partial charge in [0.05, 0.1) is 17.9 Å². The quantitative estimate of drug-likeness (QED) is 0.501. The van der Waals surface area contributed by atoms with Crippen molar-refractivity contribution >= 4 is 11.5 Å². The van der Waals surface area contributed by atoms with Gasteiger partial charge in [0.1, 0.15) is 0 Å². The largest absolute Gasteiger partial charge is 0.416 e. The lowest BCUT2D eigenvalue weighted by atomic mass is 9.92. The minimum atomic E-state index is -4.39. The molecule has 4 atom stereocenters. The third kappa shape index (κ3) is 8.04. The van der Waals surface area contributed by atoms with Crippen LogP contribution >= 0.6 is 0 Å². The molecular weight excluding hydrogens is 467 g/mol. The van der Waals surface area contributed by atoms with Crippen LogP contribution in [0.1, 0.15) is 84.4 Å². The highest BCUT2D eigenvalue weighted by Gasteiger charge is 2.36. The number of nitrogens with zero attached hydrogens (tertiary/aromatic N) is 2. The predicted octanol–water partition coefficient (Wildman–Crippen LogP) is 6.34. The zero-order valence-corrected chi connectivity index (χ0v) is 22.5. The Hall–Kier alpha value is -1.93. The molecule has 36 heavy (non-hydrogen) atoms. The number of ether oxygens (including phenoxy) is 1. The average Bonchev–Trinajstić information content (AvgIpc) is 3.39. The molecule has 0 radical (unpaired) electrons. The highest BCUT2D eigenvalue weighted by molar-refractivity contribution is 5.80. The number of pyridine rings is 1. The topological polar surface area (TPSA) is 54.5 Å². The number of hydrogen-bond acceptors (Lipinski definition) is 4. The van der Waals surface area contributed by atoms with Gasteiger partial charge in [-0.3, -0.25) is 9.78 Å². The van der Waals surface area contributed by atoms with E-state index < -0.39 is 11.7 Å². The van der Waals surface area contributed by atoms with Crippen molar-refractivity contribution in [2.45, 2.75) is 91.4 Å². The van der Waals surface area contributed by atoms with Gasteiger partial charge in [-0.25, -0.2) is 0 Å². The van der Waals surface area contributed by atoms with Gasteiger partial charge in [0.2, 0.25) is 5.91 Å². The molecule has 1 aliphatic carbocycles. The summed E-state index contributed by atoms with van der Waals surface area (Å²) in [6.07, 6.45) is 4.05. The second-order valence-electron chi connectivity index (χ2n) is 9.20. The number of aromatic nitrogens is 1. The van der Waals surface area contributed by atoms with Gasteiger partial charge in [-0.1, -0.05) is 40.7 Å². The fraction of sp³-hybridized carbons (Fsp3) is 0.714. The maximum absolute atomic E-state index is 13.1. The van der Waals surface area contributed by atoms with E-state index in [1.54, 1.807) is 0 Å². The first-order chi connectivity index (χ1) is 17.3. The van der Waals surface area contributed by atoms with E-state index in [2.05, 4.69) is 17.2 Å². The van der Waals surface area contributed by atoms with Crippen molar-refractivity contribution in [2.24, 2.45) is 11.8 Å². The van der Waals surface area contributed by atoms with E-state index in [-0.39, 0.29) is 11.8 Å². The first-order valence-corrected chi connectivity index (χ1v) is 13.7. The number of halogens is 3. The molecule has 0 spiro atoms. The summed E-state index contributed by atoms with van der Waals surface area (Å²) in [6, 6.07) is 2.91. The third-order valence-corrected chi connectivity index (χ3v) is 7.17. The van der Waals surface area contributed by atoms with Crippen molar-refractivity contribution in [1.82, 2.24) is 15.2 Å². The van der Waals surface area contributed by atoms with Gasteiger partial charge in [-0.05, 0) is 62.1 Å². The van der Waals surface area contributed by atoms with Gasteiger partial charge in [-0.15, -0.1) is 0 Å². The minimum Gasteiger partial charge on any atom is -0.381 e. The lowest BCUT2D eigenvalue weighted by Crippen LogP contribution is -2.46. The van der Waals surface area contributed by atoms with Gasteiger partial charge in [-0.2, -0.15) is 13.2 Å². The van der Waals surface area contributed by atoms with Crippen LogP contribution in [0.4, 0.5) is 13.2 Å². The summed E-state index contributed by atoms with van der Waals surface area (Å²) in [5.41, 5.74) is 0.427. The van der Waals surface area contributed by atoms with E-state index in [9.17, 15) is 18.0 Å². The second-order valence-corrected chi connectivity index (χ2v) is 9.20. The molecule has 204 valence electrons. The number of hydrogen-bond donors (Lipinski definition) is 1. The number of alkyl halides is 3. The average molecular weight is 512 g/mol. The maximum atomic E-state index is 13.1. The molecule has 1 aromatic rings. The van der Waals surface area contributed by atoms with Crippen molar-refractivity contribution in [3.8, 4) is 0 Å². The van der Waals surface area contributed by atoms with Gasteiger partial charge >= 0.3 is 6.18 Å². The van der Waals surface area contributed by atoms with E-state index in [1.165, 1.54) is 6.20 Å². The van der Waals surface area contributed by atoms with E-state index >= 15 is 0 Å². The molecule has 2 aliphatic heterocycles. The summed E-state index contributed by atoms with van der Waals surface area (Å²) in [6.45, 7) is 12.8. The zero-order chi connectivity index (χ0) is 26.7. The van der Waals surface area contributed by atoms with Crippen LogP contribution in [0.15, 0.2) is 24.4 Å². The Labute approximate surface area is 214 Å². The molecule has 4 unspecified atom stereocenters. The number of carbonyl (C=O) groups excluding carboxylic acids is 1. The van der Waals surface area contributed by atoms with Crippen LogP contribution in [-0.4, -0.2) is 54.2 Å². The highest BCUT2D eigenvalue weighted by atomic mass is 19.4. The second kappa shape index (κ2) is 14.7. The lowest BCUT2D eigenvalue weighted by molar-refractivity contribution is -0.137. The fourth-order valence-corrected chi connectivity index (χ4v) is 5.22. The van der Waals surface area contributed by atoms with Crippen LogP contribution in [-0.2, 0) is 15.7 Å². The molecule has 0 bridgehead atoms. The van der Waals surface area contributed by atoms with Crippen LogP contribution < -0.4 is 5.32 Å². The van der Waals surface area contributed by atoms with Gasteiger partial charge < -0.3 is 15.0 Å². The van der Waals surface area contributed by atoms with Crippen molar-refractivity contribution in [2.75, 3.05) is 26.3 Å². The maximum Gasteiger partial charge on any atom is 0.416 e. The molecule has 2 fully saturated rings. The summed E-state index contributed by atoms with van der Waals surface area (Å²) in [4.78, 5) is 19.0. The summed E-state index contributed by atoms with van der Waals surface area (Å²) in [7, 11) is 0. The highest BCUT2D eigenvalue weighted by Crippen LogP contribution is 2.33. The van der Waals surface area contributed by atoms with Gasteiger partial charge in [0, 0.05) is 43.9 Å². The van der Waals surface area contributed by atoms with Crippen molar-refractivity contribution in [1.29, 1.82) is 0 Å². The molecule has 1 N–H and O–H groups in total. The van der Waals surface area contributed by atoms with Crippen LogP contribution in [0, 0.1) is 11.8 Å². The Morgan fingerprint density at radius 2 is 1.94 bits per heavy atom. The third-order valence-electron chi connectivity index (χ3n) is 7.17. The van der Waals surface area contributed by atoms with Crippen LogP contribution in [0.5, 0.6) is 0 Å². The van der Waals surface area contributed by atoms with Gasteiger partial charge in [0.25, 0.3) is 0 Å². The summed E-state index contributed by atoms with van der Waals surface area (Å²) in [5.74, 6) is 0.725. The molecule has 0 aromatic carbocycles. The van der Waals surface area contributed by atoms with Crippen molar-refractivity contribution in [3.05, 3.63) is 35.7 Å². The van der Waals surface area contributed by atoms with Gasteiger partial charge in [0.15, 0.2) is 0 Å². The summed E-state index contributed by atoms with van der Waals surface area (Å²) >= 11 is 0. The Kier molecular flexibility index (Phi) is 12.4. The Bertz CT molecular complexity index is 844. The SMILES string of the molecule is CC.CC.CCC1COCCC1NC1CCC(C(=O)N2CC=C(c3cc(C(F)(F)F)ccn3)CC2)C1. The molecule has 3 heterocycles. The lowest BCUT2D eigenvalue weighted by Gasteiger charge is -2.34. The fourth-order valence-electron chi connectivity index (χ4n) is 5.22. The number of carbonyl (C=O) groups is 1. The molecule has 1 aromatic heterocycles. The smallest absolute Gasteiger partial charge is 0.381 e. The standard InChI is InChI=1S/C24H32F3N3O2.2C2H6/c1-2-16-15-32-12-8-21(16)29-20-4-3-18(13-20)23(31)30-10-6-17(7-11-30)22-14-19(5-9-28-22)24(25,26)27;2*1-2/h5-6,9,14,16,18,20-21,29H,2-4,7-8,10-13,15H2,1H3;2*1-2H3. The van der Waals surface area contributed by atoms with E-state index in [0.717, 1.165) is 63.0 Å².